The molecule has 0 aliphatic heterocycles. The summed E-state index contributed by atoms with van der Waals surface area (Å²) in [6, 6.07) is 11.1. The fraction of sp³-hybridized carbons (Fsp3) is 0.538. The molecule has 0 nitrogen and oxygen atoms in total. The lowest BCUT2D eigenvalue weighted by Crippen LogP contribution is -2.05. The van der Waals surface area contributed by atoms with Gasteiger partial charge in [0.25, 0.3) is 0 Å². The van der Waals surface area contributed by atoms with Crippen LogP contribution < -0.4 is 5.30 Å². The summed E-state index contributed by atoms with van der Waals surface area (Å²) in [7, 11) is 0.138. The highest BCUT2D eigenvalue weighted by molar-refractivity contribution is 7.65. The normalized spacial score (nSPS) is 12.7. The zero-order valence-electron chi connectivity index (χ0n) is 9.37. The molecule has 0 aliphatic rings. The van der Waals surface area contributed by atoms with E-state index in [4.69, 9.17) is 0 Å². The van der Waals surface area contributed by atoms with Crippen molar-refractivity contribution in [2.45, 2.75) is 33.1 Å². The number of benzene rings is 1. The summed E-state index contributed by atoms with van der Waals surface area (Å²) in [4.78, 5) is 0. The van der Waals surface area contributed by atoms with Crippen molar-refractivity contribution in [2.24, 2.45) is 0 Å². The lowest BCUT2D eigenvalue weighted by Gasteiger charge is -2.16. The van der Waals surface area contributed by atoms with Crippen molar-refractivity contribution in [3.8, 4) is 0 Å². The summed E-state index contributed by atoms with van der Waals surface area (Å²) in [5, 5.41) is 1.60. The van der Waals surface area contributed by atoms with Gasteiger partial charge < -0.3 is 0 Å². The summed E-state index contributed by atoms with van der Waals surface area (Å²) in [5.74, 6) is 0. The molecule has 0 amide bonds. The molecule has 0 bridgehead atoms. The fourth-order valence-electron chi connectivity index (χ4n) is 1.63. The molecule has 0 aliphatic carbocycles. The molecular weight excluding hydrogens is 187 g/mol. The first kappa shape index (κ1) is 11.7. The van der Waals surface area contributed by atoms with E-state index in [2.05, 4.69) is 44.2 Å². The predicted molar refractivity (Wildman–Crippen MR) is 67.9 cm³/mol. The Morgan fingerprint density at radius 1 is 0.929 bits per heavy atom. The van der Waals surface area contributed by atoms with Crippen LogP contribution in [0.1, 0.15) is 33.1 Å². The van der Waals surface area contributed by atoms with E-state index < -0.39 is 0 Å². The van der Waals surface area contributed by atoms with E-state index in [0.717, 1.165) is 0 Å². The van der Waals surface area contributed by atoms with Gasteiger partial charge in [0.1, 0.15) is 0 Å². The van der Waals surface area contributed by atoms with Gasteiger partial charge in [-0.3, -0.25) is 0 Å². The maximum absolute atomic E-state index is 2.30. The van der Waals surface area contributed by atoms with Crippen LogP contribution >= 0.6 is 7.92 Å². The lowest BCUT2D eigenvalue weighted by atomic mass is 10.4. The van der Waals surface area contributed by atoms with Gasteiger partial charge in [-0.1, -0.05) is 64.9 Å². The maximum Gasteiger partial charge on any atom is -0.0240 e. The molecule has 1 rings (SSSR count). The smallest absolute Gasteiger partial charge is 0.0240 e. The van der Waals surface area contributed by atoms with E-state index in [1.807, 2.05) is 0 Å². The largest absolute Gasteiger partial charge is 0.0753 e. The van der Waals surface area contributed by atoms with Gasteiger partial charge in [-0.15, -0.1) is 0 Å². The molecule has 0 spiro atoms. The summed E-state index contributed by atoms with van der Waals surface area (Å²) >= 11 is 0. The van der Waals surface area contributed by atoms with Crippen LogP contribution in [-0.2, 0) is 0 Å². The SMILES string of the molecule is CCCCP(CCC)c1ccccc1. The monoisotopic (exact) mass is 208 g/mol. The van der Waals surface area contributed by atoms with Crippen LogP contribution in [0.5, 0.6) is 0 Å². The molecule has 1 aromatic carbocycles. The Kier molecular flexibility index (Phi) is 5.87. The molecule has 14 heavy (non-hydrogen) atoms. The summed E-state index contributed by atoms with van der Waals surface area (Å²) in [6.45, 7) is 4.58. The number of rotatable bonds is 6. The van der Waals surface area contributed by atoms with E-state index in [9.17, 15) is 0 Å². The van der Waals surface area contributed by atoms with Gasteiger partial charge in [-0.05, 0) is 24.0 Å². The first-order valence-electron chi connectivity index (χ1n) is 5.68. The van der Waals surface area contributed by atoms with Gasteiger partial charge >= 0.3 is 0 Å². The zero-order chi connectivity index (χ0) is 10.2. The molecule has 1 unspecified atom stereocenters. The molecule has 0 N–H and O–H groups in total. The molecule has 0 saturated heterocycles. The average Bonchev–Trinajstić information content (AvgIpc) is 2.25. The molecule has 0 heterocycles. The maximum atomic E-state index is 2.30. The van der Waals surface area contributed by atoms with Crippen molar-refractivity contribution in [2.75, 3.05) is 12.3 Å². The number of unbranched alkanes of at least 4 members (excludes halogenated alkanes) is 1. The van der Waals surface area contributed by atoms with Gasteiger partial charge in [0.05, 0.1) is 0 Å². The molecule has 1 atom stereocenters. The summed E-state index contributed by atoms with van der Waals surface area (Å²) in [5.41, 5.74) is 0. The van der Waals surface area contributed by atoms with E-state index in [1.165, 1.54) is 31.6 Å². The Bertz CT molecular complexity index is 230. The summed E-state index contributed by atoms with van der Waals surface area (Å²) in [6.07, 6.45) is 6.86. The second-order valence-electron chi connectivity index (χ2n) is 3.68. The molecular formula is C13H21P. The molecule has 1 heteroatoms. The quantitative estimate of drug-likeness (QED) is 0.620. The van der Waals surface area contributed by atoms with E-state index in [-0.39, 0.29) is 7.92 Å². The summed E-state index contributed by atoms with van der Waals surface area (Å²) < 4.78 is 0. The second kappa shape index (κ2) is 7.01. The minimum Gasteiger partial charge on any atom is -0.0753 e. The molecule has 0 fully saturated rings. The highest BCUT2D eigenvalue weighted by atomic mass is 31.1. The third kappa shape index (κ3) is 3.80. The molecule has 0 saturated carbocycles. The van der Waals surface area contributed by atoms with Gasteiger partial charge in [0, 0.05) is 0 Å². The van der Waals surface area contributed by atoms with E-state index >= 15 is 0 Å². The Balaban J connectivity index is 2.58. The van der Waals surface area contributed by atoms with Crippen LogP contribution in [0, 0.1) is 0 Å². The zero-order valence-corrected chi connectivity index (χ0v) is 10.3. The number of hydrogen-bond acceptors (Lipinski definition) is 0. The Morgan fingerprint density at radius 3 is 2.21 bits per heavy atom. The van der Waals surface area contributed by atoms with Gasteiger partial charge in [-0.2, -0.15) is 0 Å². The van der Waals surface area contributed by atoms with Gasteiger partial charge in [0.2, 0.25) is 0 Å². The Hall–Kier alpha value is -0.350. The third-order valence-corrected chi connectivity index (χ3v) is 5.27. The van der Waals surface area contributed by atoms with Crippen LogP contribution in [0.15, 0.2) is 30.3 Å². The van der Waals surface area contributed by atoms with Crippen molar-refractivity contribution in [3.05, 3.63) is 30.3 Å². The highest BCUT2D eigenvalue weighted by Crippen LogP contribution is 2.35. The van der Waals surface area contributed by atoms with Crippen molar-refractivity contribution < 1.29 is 0 Å². The van der Waals surface area contributed by atoms with Gasteiger partial charge in [-0.25, -0.2) is 0 Å². The Labute approximate surface area is 89.5 Å². The topological polar surface area (TPSA) is 0 Å². The second-order valence-corrected chi connectivity index (χ2v) is 6.17. The van der Waals surface area contributed by atoms with E-state index in [1.54, 1.807) is 5.30 Å². The lowest BCUT2D eigenvalue weighted by molar-refractivity contribution is 0.889. The standard InChI is InChI=1S/C13H21P/c1-3-5-12-14(11-4-2)13-9-7-6-8-10-13/h6-10H,3-5,11-12H2,1-2H3. The minimum atomic E-state index is 0.138. The number of hydrogen-bond donors (Lipinski definition) is 0. The van der Waals surface area contributed by atoms with Crippen molar-refractivity contribution in [1.82, 2.24) is 0 Å². The molecule has 78 valence electrons. The molecule has 0 aromatic heterocycles. The Morgan fingerprint density at radius 2 is 1.64 bits per heavy atom. The van der Waals surface area contributed by atoms with Gasteiger partial charge in [0.15, 0.2) is 0 Å². The predicted octanol–water partition coefficient (Wildman–Crippen LogP) is 4.00. The van der Waals surface area contributed by atoms with Crippen molar-refractivity contribution in [3.63, 3.8) is 0 Å². The first-order valence-corrected chi connectivity index (χ1v) is 7.39. The van der Waals surface area contributed by atoms with Crippen molar-refractivity contribution in [1.29, 1.82) is 0 Å². The van der Waals surface area contributed by atoms with Crippen LogP contribution in [0.25, 0.3) is 0 Å². The highest BCUT2D eigenvalue weighted by Gasteiger charge is 2.07. The average molecular weight is 208 g/mol. The van der Waals surface area contributed by atoms with Crippen LogP contribution in [0.2, 0.25) is 0 Å². The molecule has 1 aromatic rings. The van der Waals surface area contributed by atoms with Crippen LogP contribution in [0.3, 0.4) is 0 Å². The van der Waals surface area contributed by atoms with Crippen molar-refractivity contribution >= 4 is 13.2 Å². The molecule has 0 radical (unpaired) electrons. The van der Waals surface area contributed by atoms with E-state index in [0.29, 0.717) is 0 Å². The third-order valence-electron chi connectivity index (χ3n) is 2.40. The fourth-order valence-corrected chi connectivity index (χ4v) is 4.20. The van der Waals surface area contributed by atoms with Crippen LogP contribution in [0.4, 0.5) is 0 Å². The first-order chi connectivity index (χ1) is 6.88. The minimum absolute atomic E-state index is 0.138. The van der Waals surface area contributed by atoms with Crippen LogP contribution in [-0.4, -0.2) is 12.3 Å².